The Bertz CT molecular complexity index is 417. The van der Waals surface area contributed by atoms with Gasteiger partial charge in [0, 0.05) is 31.2 Å². The molecule has 0 saturated carbocycles. The Balaban J connectivity index is 2.05. The second-order valence-electron chi connectivity index (χ2n) is 4.03. The molecule has 0 aliphatic carbocycles. The molecule has 2 rings (SSSR count). The van der Waals surface area contributed by atoms with Crippen LogP contribution in [-0.4, -0.2) is 20.6 Å². The van der Waals surface area contributed by atoms with Crippen LogP contribution in [0.3, 0.4) is 0 Å². The average Bonchev–Trinajstić information content (AvgIpc) is 2.80. The Kier molecular flexibility index (Phi) is 3.31. The zero-order valence-corrected chi connectivity index (χ0v) is 9.59. The van der Waals surface area contributed by atoms with E-state index in [0.29, 0.717) is 6.04 Å². The molecule has 0 fully saturated rings. The van der Waals surface area contributed by atoms with Gasteiger partial charge in [0.25, 0.3) is 0 Å². The van der Waals surface area contributed by atoms with Crippen LogP contribution < -0.4 is 5.32 Å². The lowest BCUT2D eigenvalue weighted by molar-refractivity contribution is 0.588. The van der Waals surface area contributed by atoms with E-state index < -0.39 is 0 Å². The van der Waals surface area contributed by atoms with E-state index in [1.807, 2.05) is 23.0 Å². The van der Waals surface area contributed by atoms with Crippen molar-refractivity contribution < 1.29 is 0 Å². The summed E-state index contributed by atoms with van der Waals surface area (Å²) in [6, 6.07) is 4.57. The third-order valence-corrected chi connectivity index (χ3v) is 2.29. The number of rotatable bonds is 4. The molecule has 0 amide bonds. The van der Waals surface area contributed by atoms with E-state index in [2.05, 4.69) is 35.2 Å². The summed E-state index contributed by atoms with van der Waals surface area (Å²) >= 11 is 0. The summed E-state index contributed by atoms with van der Waals surface area (Å²) in [5.74, 6) is 0.894. The lowest BCUT2D eigenvalue weighted by Gasteiger charge is -2.08. The molecular weight excluding hydrogens is 200 g/mol. The van der Waals surface area contributed by atoms with Crippen molar-refractivity contribution in [2.24, 2.45) is 0 Å². The fourth-order valence-electron chi connectivity index (χ4n) is 1.39. The van der Waals surface area contributed by atoms with Crippen LogP contribution in [0.4, 0.5) is 0 Å². The Hall–Kier alpha value is -1.68. The molecule has 0 spiro atoms. The van der Waals surface area contributed by atoms with Crippen LogP contribution in [0.2, 0.25) is 0 Å². The van der Waals surface area contributed by atoms with Crippen molar-refractivity contribution in [2.45, 2.75) is 26.4 Å². The molecule has 0 atom stereocenters. The third kappa shape index (κ3) is 2.67. The molecule has 16 heavy (non-hydrogen) atoms. The van der Waals surface area contributed by atoms with E-state index in [-0.39, 0.29) is 0 Å². The number of nitrogens with zero attached hydrogens (tertiary/aromatic N) is 3. The van der Waals surface area contributed by atoms with Gasteiger partial charge in [0.2, 0.25) is 0 Å². The second kappa shape index (κ2) is 4.90. The summed E-state index contributed by atoms with van der Waals surface area (Å²) in [5.41, 5.74) is 1.19. The van der Waals surface area contributed by atoms with E-state index >= 15 is 0 Å². The van der Waals surface area contributed by atoms with Gasteiger partial charge in [-0.25, -0.2) is 9.97 Å². The molecule has 84 valence electrons. The molecule has 0 aliphatic rings. The molecule has 0 saturated heterocycles. The molecule has 0 bridgehead atoms. The first-order valence-electron chi connectivity index (χ1n) is 5.42. The second-order valence-corrected chi connectivity index (χ2v) is 4.03. The minimum atomic E-state index is 0.494. The van der Waals surface area contributed by atoms with Gasteiger partial charge in [0.15, 0.2) is 0 Å². The maximum Gasteiger partial charge on any atom is 0.137 e. The fraction of sp³-hybridized carbons (Fsp3) is 0.333. The van der Waals surface area contributed by atoms with Crippen LogP contribution in [0, 0.1) is 0 Å². The Morgan fingerprint density at radius 1 is 1.38 bits per heavy atom. The standard InChI is InChI=1S/C12H16N4/c1-10(2)14-7-11-3-4-12(15-8-11)16-6-5-13-9-16/h3-6,8-10,14H,7H2,1-2H3. The van der Waals surface area contributed by atoms with E-state index in [1.165, 1.54) is 5.56 Å². The average molecular weight is 216 g/mol. The monoisotopic (exact) mass is 216 g/mol. The quantitative estimate of drug-likeness (QED) is 0.847. The van der Waals surface area contributed by atoms with Crippen LogP contribution in [0.25, 0.3) is 5.82 Å². The van der Waals surface area contributed by atoms with Crippen molar-refractivity contribution in [3.8, 4) is 5.82 Å². The van der Waals surface area contributed by atoms with Crippen molar-refractivity contribution >= 4 is 0 Å². The van der Waals surface area contributed by atoms with Crippen LogP contribution in [0.1, 0.15) is 19.4 Å². The summed E-state index contributed by atoms with van der Waals surface area (Å²) in [4.78, 5) is 8.37. The third-order valence-electron chi connectivity index (χ3n) is 2.29. The van der Waals surface area contributed by atoms with Gasteiger partial charge >= 0.3 is 0 Å². The molecule has 0 aliphatic heterocycles. The van der Waals surface area contributed by atoms with Crippen LogP contribution >= 0.6 is 0 Å². The predicted molar refractivity (Wildman–Crippen MR) is 63.3 cm³/mol. The molecule has 0 aromatic carbocycles. The summed E-state index contributed by atoms with van der Waals surface area (Å²) in [7, 11) is 0. The Labute approximate surface area is 95.4 Å². The van der Waals surface area contributed by atoms with E-state index in [0.717, 1.165) is 12.4 Å². The highest BCUT2D eigenvalue weighted by Crippen LogP contribution is 2.05. The van der Waals surface area contributed by atoms with Gasteiger partial charge in [-0.05, 0) is 11.6 Å². The highest BCUT2D eigenvalue weighted by molar-refractivity contribution is 5.25. The van der Waals surface area contributed by atoms with Crippen molar-refractivity contribution in [1.29, 1.82) is 0 Å². The molecule has 4 nitrogen and oxygen atoms in total. The van der Waals surface area contributed by atoms with Crippen LogP contribution in [0.5, 0.6) is 0 Å². The molecular formula is C12H16N4. The molecule has 2 aromatic rings. The molecule has 2 heterocycles. The summed E-state index contributed by atoms with van der Waals surface area (Å²) in [6.07, 6.45) is 7.27. The molecule has 1 N–H and O–H groups in total. The Morgan fingerprint density at radius 2 is 2.25 bits per heavy atom. The van der Waals surface area contributed by atoms with Crippen molar-refractivity contribution in [1.82, 2.24) is 19.9 Å². The van der Waals surface area contributed by atoms with Crippen molar-refractivity contribution in [2.75, 3.05) is 0 Å². The molecule has 4 heteroatoms. The molecule has 2 aromatic heterocycles. The maximum atomic E-state index is 4.38. The smallest absolute Gasteiger partial charge is 0.137 e. The van der Waals surface area contributed by atoms with Crippen molar-refractivity contribution in [3.63, 3.8) is 0 Å². The highest BCUT2D eigenvalue weighted by Gasteiger charge is 1.98. The number of nitrogens with one attached hydrogen (secondary N) is 1. The molecule has 0 unspecified atom stereocenters. The zero-order valence-electron chi connectivity index (χ0n) is 9.59. The first-order chi connectivity index (χ1) is 7.75. The minimum absolute atomic E-state index is 0.494. The van der Waals surface area contributed by atoms with Gasteiger partial charge in [-0.15, -0.1) is 0 Å². The van der Waals surface area contributed by atoms with Gasteiger partial charge in [-0.2, -0.15) is 0 Å². The van der Waals surface area contributed by atoms with Gasteiger partial charge in [0.05, 0.1) is 0 Å². The van der Waals surface area contributed by atoms with E-state index in [1.54, 1.807) is 12.5 Å². The minimum Gasteiger partial charge on any atom is -0.310 e. The van der Waals surface area contributed by atoms with Crippen LogP contribution in [0.15, 0.2) is 37.1 Å². The lowest BCUT2D eigenvalue weighted by atomic mass is 10.2. The number of aromatic nitrogens is 3. The molecule has 0 radical (unpaired) electrons. The Morgan fingerprint density at radius 3 is 2.81 bits per heavy atom. The largest absolute Gasteiger partial charge is 0.310 e. The first kappa shape index (κ1) is 10.8. The first-order valence-corrected chi connectivity index (χ1v) is 5.42. The normalized spacial score (nSPS) is 10.9. The number of hydrogen-bond acceptors (Lipinski definition) is 3. The van der Waals surface area contributed by atoms with Crippen molar-refractivity contribution in [3.05, 3.63) is 42.6 Å². The fourth-order valence-corrected chi connectivity index (χ4v) is 1.39. The van der Waals surface area contributed by atoms with E-state index in [9.17, 15) is 0 Å². The number of pyridine rings is 1. The van der Waals surface area contributed by atoms with Gasteiger partial charge in [-0.1, -0.05) is 19.9 Å². The summed E-state index contributed by atoms with van der Waals surface area (Å²) < 4.78 is 1.89. The highest BCUT2D eigenvalue weighted by atomic mass is 15.1. The maximum absolute atomic E-state index is 4.38. The lowest BCUT2D eigenvalue weighted by Crippen LogP contribution is -2.21. The summed E-state index contributed by atoms with van der Waals surface area (Å²) in [6.45, 7) is 5.12. The summed E-state index contributed by atoms with van der Waals surface area (Å²) in [5, 5.41) is 3.36. The van der Waals surface area contributed by atoms with Gasteiger partial charge in [0.1, 0.15) is 12.1 Å². The predicted octanol–water partition coefficient (Wildman–Crippen LogP) is 1.77. The SMILES string of the molecule is CC(C)NCc1ccc(-n2ccnc2)nc1. The van der Waals surface area contributed by atoms with E-state index in [4.69, 9.17) is 0 Å². The van der Waals surface area contributed by atoms with Crippen LogP contribution in [-0.2, 0) is 6.54 Å². The zero-order chi connectivity index (χ0) is 11.4. The number of hydrogen-bond donors (Lipinski definition) is 1. The van der Waals surface area contributed by atoms with Gasteiger partial charge < -0.3 is 5.32 Å². The van der Waals surface area contributed by atoms with Gasteiger partial charge in [-0.3, -0.25) is 4.57 Å². The number of imidazole rings is 1. The topological polar surface area (TPSA) is 42.7 Å².